The normalized spacial score (nSPS) is 21.3. The van der Waals surface area contributed by atoms with Crippen LogP contribution in [0, 0.1) is 0 Å². The van der Waals surface area contributed by atoms with Crippen LogP contribution in [0.25, 0.3) is 0 Å². The van der Waals surface area contributed by atoms with Gasteiger partial charge in [0.15, 0.2) is 0 Å². The molecule has 2 rings (SSSR count). The number of hydrogen-bond donors (Lipinski definition) is 1. The molecule has 12 heavy (non-hydrogen) atoms. The molecule has 3 nitrogen and oxygen atoms in total. The van der Waals surface area contributed by atoms with Gasteiger partial charge in [0.2, 0.25) is 0 Å². The molecule has 68 valence electrons. The van der Waals surface area contributed by atoms with Crippen LogP contribution in [0.15, 0.2) is 17.6 Å². The zero-order valence-corrected chi connectivity index (χ0v) is 8.35. The van der Waals surface area contributed by atoms with Gasteiger partial charge in [-0.15, -0.1) is 0 Å². The number of fused-ring (bicyclic) bond motifs is 1. The average molecular weight is 207 g/mol. The first-order valence-electron chi connectivity index (χ1n) is 3.63. The highest BCUT2D eigenvalue weighted by atomic mass is 35.5. The Morgan fingerprint density at radius 1 is 1.75 bits per heavy atom. The molecule has 1 aliphatic rings. The molecule has 0 unspecified atom stereocenters. The van der Waals surface area contributed by atoms with Gasteiger partial charge in [0.05, 0.1) is 7.05 Å². The maximum atomic E-state index is 9.31. The number of imidazole rings is 1. The van der Waals surface area contributed by atoms with E-state index in [4.69, 9.17) is 0 Å². The SMILES string of the molecule is C[n+]1ccn2c1SC[C@@H](O)C2.[Cl-]. The van der Waals surface area contributed by atoms with Gasteiger partial charge in [0.25, 0.3) is 0 Å². The zero-order chi connectivity index (χ0) is 7.84. The first-order chi connectivity index (χ1) is 5.27. The van der Waals surface area contributed by atoms with Gasteiger partial charge in [-0.1, -0.05) is 0 Å². The zero-order valence-electron chi connectivity index (χ0n) is 6.77. The summed E-state index contributed by atoms with van der Waals surface area (Å²) >= 11 is 1.71. The summed E-state index contributed by atoms with van der Waals surface area (Å²) in [4.78, 5) is 0. The summed E-state index contributed by atoms with van der Waals surface area (Å²) < 4.78 is 4.16. The molecular weight excluding hydrogens is 196 g/mol. The van der Waals surface area contributed by atoms with E-state index < -0.39 is 0 Å². The van der Waals surface area contributed by atoms with Crippen molar-refractivity contribution in [1.82, 2.24) is 4.57 Å². The lowest BCUT2D eigenvalue weighted by molar-refractivity contribution is -0.709. The molecule has 0 aliphatic carbocycles. The maximum Gasteiger partial charge on any atom is 0.317 e. The molecule has 0 spiro atoms. The predicted octanol–water partition coefficient (Wildman–Crippen LogP) is -3.22. The van der Waals surface area contributed by atoms with Crippen molar-refractivity contribution in [2.24, 2.45) is 7.05 Å². The van der Waals surface area contributed by atoms with E-state index in [1.807, 2.05) is 19.4 Å². The Balaban J connectivity index is 0.000000720. The molecule has 1 aliphatic heterocycles. The first kappa shape index (κ1) is 9.89. The number of nitrogens with zero attached hydrogens (tertiary/aromatic N) is 2. The summed E-state index contributed by atoms with van der Waals surface area (Å²) in [7, 11) is 2.02. The molecule has 1 aromatic heterocycles. The molecule has 1 N–H and O–H groups in total. The van der Waals surface area contributed by atoms with Crippen LogP contribution in [0.5, 0.6) is 0 Å². The summed E-state index contributed by atoms with van der Waals surface area (Å²) in [5.74, 6) is 0.817. The Kier molecular flexibility index (Phi) is 3.04. The summed E-state index contributed by atoms with van der Waals surface area (Å²) in [6.07, 6.45) is 3.84. The van der Waals surface area contributed by atoms with Gasteiger partial charge in [-0.25, -0.2) is 9.13 Å². The quantitative estimate of drug-likeness (QED) is 0.453. The molecule has 0 aromatic carbocycles. The summed E-state index contributed by atoms with van der Waals surface area (Å²) in [6.45, 7) is 0.739. The Hall–Kier alpha value is -0.190. The van der Waals surface area contributed by atoms with Crippen molar-refractivity contribution in [2.45, 2.75) is 17.8 Å². The van der Waals surface area contributed by atoms with Crippen LogP contribution in [0.2, 0.25) is 0 Å². The van der Waals surface area contributed by atoms with Crippen LogP contribution in [0.1, 0.15) is 0 Å². The summed E-state index contributed by atoms with van der Waals surface area (Å²) in [6, 6.07) is 0. The van der Waals surface area contributed by atoms with Crippen LogP contribution >= 0.6 is 11.8 Å². The van der Waals surface area contributed by atoms with Crippen molar-refractivity contribution in [2.75, 3.05) is 5.75 Å². The molecule has 1 aromatic rings. The molecule has 5 heteroatoms. The minimum atomic E-state index is -0.181. The van der Waals surface area contributed by atoms with Crippen LogP contribution < -0.4 is 17.0 Å². The van der Waals surface area contributed by atoms with E-state index in [0.29, 0.717) is 0 Å². The number of aromatic nitrogens is 2. The fourth-order valence-corrected chi connectivity index (χ4v) is 2.30. The molecule has 0 saturated heterocycles. The standard InChI is InChI=1S/C7H11N2OS.ClH/c1-8-2-3-9-4-6(10)5-11-7(8)9;/h2-3,6,10H,4-5H2,1H3;1H/q+1;/p-1/t6-;/m0./s1. The van der Waals surface area contributed by atoms with Gasteiger partial charge in [-0.05, 0) is 11.8 Å². The Morgan fingerprint density at radius 2 is 2.50 bits per heavy atom. The highest BCUT2D eigenvalue weighted by Crippen LogP contribution is 2.20. The van der Waals surface area contributed by atoms with Crippen molar-refractivity contribution in [3.05, 3.63) is 12.4 Å². The van der Waals surface area contributed by atoms with Gasteiger partial charge in [-0.2, -0.15) is 0 Å². The second kappa shape index (κ2) is 3.68. The Bertz CT molecular complexity index is 276. The minimum Gasteiger partial charge on any atom is -1.00 e. The van der Waals surface area contributed by atoms with E-state index in [0.717, 1.165) is 12.3 Å². The van der Waals surface area contributed by atoms with Crippen LogP contribution in [0.4, 0.5) is 0 Å². The number of halogens is 1. The molecule has 0 bridgehead atoms. The largest absolute Gasteiger partial charge is 1.00 e. The third kappa shape index (κ3) is 1.60. The minimum absolute atomic E-state index is 0. The number of rotatable bonds is 0. The van der Waals surface area contributed by atoms with Crippen molar-refractivity contribution >= 4 is 11.8 Å². The van der Waals surface area contributed by atoms with Gasteiger partial charge in [0.1, 0.15) is 25.0 Å². The molecular formula is C7H11ClN2OS. The Morgan fingerprint density at radius 3 is 3.25 bits per heavy atom. The van der Waals surface area contributed by atoms with Crippen LogP contribution in [-0.2, 0) is 13.6 Å². The monoisotopic (exact) mass is 206 g/mol. The lowest BCUT2D eigenvalue weighted by Gasteiger charge is -2.13. The summed E-state index contributed by atoms with van der Waals surface area (Å²) in [5, 5.41) is 10.5. The molecule has 0 saturated carbocycles. The highest BCUT2D eigenvalue weighted by molar-refractivity contribution is 7.99. The molecule has 0 fully saturated rings. The van der Waals surface area contributed by atoms with Crippen LogP contribution in [-0.4, -0.2) is 21.5 Å². The molecule has 0 radical (unpaired) electrons. The average Bonchev–Trinajstić information content (AvgIpc) is 2.32. The third-order valence-corrected chi connectivity index (χ3v) is 3.16. The lowest BCUT2D eigenvalue weighted by atomic mass is 10.4. The number of hydrogen-bond acceptors (Lipinski definition) is 2. The van der Waals surface area contributed by atoms with E-state index in [-0.39, 0.29) is 18.5 Å². The third-order valence-electron chi connectivity index (χ3n) is 1.83. The topological polar surface area (TPSA) is 29.0 Å². The number of aliphatic hydroxyl groups is 1. The lowest BCUT2D eigenvalue weighted by Crippen LogP contribution is -3.00. The number of thioether (sulfide) groups is 1. The van der Waals surface area contributed by atoms with Gasteiger partial charge < -0.3 is 17.5 Å². The van der Waals surface area contributed by atoms with E-state index in [1.165, 1.54) is 5.16 Å². The number of aryl methyl sites for hydroxylation is 1. The van der Waals surface area contributed by atoms with Crippen LogP contribution in [0.3, 0.4) is 0 Å². The predicted molar refractivity (Wildman–Crippen MR) is 42.3 cm³/mol. The van der Waals surface area contributed by atoms with E-state index >= 15 is 0 Å². The second-order valence-corrected chi connectivity index (χ2v) is 3.80. The van der Waals surface area contributed by atoms with Crippen molar-refractivity contribution in [3.63, 3.8) is 0 Å². The van der Waals surface area contributed by atoms with Crippen molar-refractivity contribution in [3.8, 4) is 0 Å². The number of aliphatic hydroxyl groups excluding tert-OH is 1. The van der Waals surface area contributed by atoms with Gasteiger partial charge in [0, 0.05) is 5.75 Å². The van der Waals surface area contributed by atoms with Gasteiger partial charge in [-0.3, -0.25) is 0 Å². The molecule has 1 atom stereocenters. The van der Waals surface area contributed by atoms with Gasteiger partial charge >= 0.3 is 5.16 Å². The molecule has 0 amide bonds. The van der Waals surface area contributed by atoms with Crippen molar-refractivity contribution < 1.29 is 22.1 Å². The molecule has 2 heterocycles. The highest BCUT2D eigenvalue weighted by Gasteiger charge is 2.24. The first-order valence-corrected chi connectivity index (χ1v) is 4.61. The Labute approximate surface area is 81.8 Å². The fraction of sp³-hybridized carbons (Fsp3) is 0.571. The fourth-order valence-electron chi connectivity index (χ4n) is 1.28. The maximum absolute atomic E-state index is 9.31. The second-order valence-electron chi connectivity index (χ2n) is 2.81. The van der Waals surface area contributed by atoms with E-state index in [2.05, 4.69) is 9.13 Å². The van der Waals surface area contributed by atoms with E-state index in [1.54, 1.807) is 11.8 Å². The summed E-state index contributed by atoms with van der Waals surface area (Å²) in [5.41, 5.74) is 0. The smallest absolute Gasteiger partial charge is 0.317 e. The van der Waals surface area contributed by atoms with E-state index in [9.17, 15) is 5.11 Å². The van der Waals surface area contributed by atoms with Crippen molar-refractivity contribution in [1.29, 1.82) is 0 Å².